The Hall–Kier alpha value is -1.57. The zero-order valence-electron chi connectivity index (χ0n) is 10.2. The molecule has 0 N–H and O–H groups in total. The average Bonchev–Trinajstić information content (AvgIpc) is 2.33. The normalized spacial score (nSPS) is 23.9. The van der Waals surface area contributed by atoms with Gasteiger partial charge < -0.3 is 4.74 Å². The number of rotatable bonds is 1. The van der Waals surface area contributed by atoms with Crippen molar-refractivity contribution in [3.8, 4) is 0 Å². The van der Waals surface area contributed by atoms with Crippen molar-refractivity contribution in [2.45, 2.75) is 32.6 Å². The second-order valence-corrected chi connectivity index (χ2v) is 4.59. The van der Waals surface area contributed by atoms with Crippen molar-refractivity contribution in [1.29, 1.82) is 0 Å². The van der Waals surface area contributed by atoms with E-state index in [2.05, 4.69) is 0 Å². The SMILES string of the molecule is CC1CCCC/C(=C\c2ccccc2)OC1=O. The molecule has 1 fully saturated rings. The Labute approximate surface area is 102 Å². The first-order chi connectivity index (χ1) is 8.25. The second kappa shape index (κ2) is 5.67. The van der Waals surface area contributed by atoms with Crippen LogP contribution in [-0.4, -0.2) is 5.97 Å². The molecule has 1 unspecified atom stereocenters. The number of carbonyl (C=O) groups excluding carboxylic acids is 1. The first kappa shape index (κ1) is 11.9. The van der Waals surface area contributed by atoms with Crippen molar-refractivity contribution in [3.63, 3.8) is 0 Å². The van der Waals surface area contributed by atoms with Gasteiger partial charge in [-0.2, -0.15) is 0 Å². The maximum absolute atomic E-state index is 11.7. The van der Waals surface area contributed by atoms with Gasteiger partial charge in [-0.15, -0.1) is 0 Å². The maximum atomic E-state index is 11.7. The Morgan fingerprint density at radius 1 is 1.24 bits per heavy atom. The molecule has 1 saturated heterocycles. The number of benzene rings is 1. The Bertz CT molecular complexity index is 406. The second-order valence-electron chi connectivity index (χ2n) is 4.59. The van der Waals surface area contributed by atoms with Crippen molar-refractivity contribution in [1.82, 2.24) is 0 Å². The van der Waals surface area contributed by atoms with Gasteiger partial charge >= 0.3 is 5.97 Å². The molecule has 1 aromatic rings. The Morgan fingerprint density at radius 3 is 2.76 bits per heavy atom. The van der Waals surface area contributed by atoms with Crippen molar-refractivity contribution in [2.75, 3.05) is 0 Å². The monoisotopic (exact) mass is 230 g/mol. The summed E-state index contributed by atoms with van der Waals surface area (Å²) < 4.78 is 5.43. The van der Waals surface area contributed by atoms with E-state index >= 15 is 0 Å². The van der Waals surface area contributed by atoms with Crippen molar-refractivity contribution in [3.05, 3.63) is 41.7 Å². The highest BCUT2D eigenvalue weighted by molar-refractivity contribution is 5.74. The van der Waals surface area contributed by atoms with Crippen LogP contribution >= 0.6 is 0 Å². The molecule has 0 spiro atoms. The van der Waals surface area contributed by atoms with E-state index in [1.807, 2.05) is 43.3 Å². The lowest BCUT2D eigenvalue weighted by atomic mass is 10.0. The van der Waals surface area contributed by atoms with Crippen LogP contribution in [0.2, 0.25) is 0 Å². The molecule has 0 aromatic heterocycles. The highest BCUT2D eigenvalue weighted by Crippen LogP contribution is 2.22. The minimum Gasteiger partial charge on any atom is -0.431 e. The number of allylic oxidation sites excluding steroid dienone is 1. The number of esters is 1. The van der Waals surface area contributed by atoms with Crippen molar-refractivity contribution < 1.29 is 9.53 Å². The summed E-state index contributed by atoms with van der Waals surface area (Å²) in [6.07, 6.45) is 5.96. The molecule has 1 aromatic carbocycles. The fraction of sp³-hybridized carbons (Fsp3) is 0.400. The van der Waals surface area contributed by atoms with E-state index in [0.29, 0.717) is 0 Å². The molecule has 2 nitrogen and oxygen atoms in total. The van der Waals surface area contributed by atoms with E-state index in [9.17, 15) is 4.79 Å². The van der Waals surface area contributed by atoms with E-state index in [-0.39, 0.29) is 11.9 Å². The van der Waals surface area contributed by atoms with Gasteiger partial charge in [0.1, 0.15) is 5.76 Å². The molecule has 17 heavy (non-hydrogen) atoms. The molecular weight excluding hydrogens is 212 g/mol. The molecule has 1 aliphatic rings. The van der Waals surface area contributed by atoms with Crippen LogP contribution in [-0.2, 0) is 9.53 Å². The predicted octanol–water partition coefficient (Wildman–Crippen LogP) is 3.78. The van der Waals surface area contributed by atoms with Gasteiger partial charge in [-0.1, -0.05) is 43.7 Å². The lowest BCUT2D eigenvalue weighted by molar-refractivity contribution is -0.144. The molecule has 0 amide bonds. The fourth-order valence-corrected chi connectivity index (χ4v) is 1.99. The van der Waals surface area contributed by atoms with Crippen molar-refractivity contribution >= 4 is 12.0 Å². The quantitative estimate of drug-likeness (QED) is 0.686. The zero-order chi connectivity index (χ0) is 12.1. The summed E-state index contributed by atoms with van der Waals surface area (Å²) in [5.41, 5.74) is 1.09. The van der Waals surface area contributed by atoms with E-state index in [4.69, 9.17) is 4.74 Å². The summed E-state index contributed by atoms with van der Waals surface area (Å²) >= 11 is 0. The van der Waals surface area contributed by atoms with Crippen molar-refractivity contribution in [2.24, 2.45) is 5.92 Å². The van der Waals surface area contributed by atoms with Crippen LogP contribution in [0.3, 0.4) is 0 Å². The van der Waals surface area contributed by atoms with E-state index in [0.717, 1.165) is 37.0 Å². The molecule has 0 saturated carbocycles. The molecule has 0 radical (unpaired) electrons. The van der Waals surface area contributed by atoms with Gasteiger partial charge in [0.2, 0.25) is 0 Å². The third kappa shape index (κ3) is 3.45. The van der Waals surface area contributed by atoms with E-state index in [1.54, 1.807) is 0 Å². The van der Waals surface area contributed by atoms with Crippen LogP contribution in [0.1, 0.15) is 38.2 Å². The summed E-state index contributed by atoms with van der Waals surface area (Å²) in [4.78, 5) is 11.7. The fourth-order valence-electron chi connectivity index (χ4n) is 1.99. The highest BCUT2D eigenvalue weighted by atomic mass is 16.5. The molecule has 1 atom stereocenters. The first-order valence-corrected chi connectivity index (χ1v) is 6.23. The lowest BCUT2D eigenvalue weighted by Crippen LogP contribution is -2.16. The standard InChI is InChI=1S/C15H18O2/c1-12-7-5-6-10-14(17-15(12)16)11-13-8-3-2-4-9-13/h2-4,8-9,11-12H,5-7,10H2,1H3/b14-11+. The van der Waals surface area contributed by atoms with Gasteiger partial charge in [-0.05, 0) is 24.5 Å². The predicted molar refractivity (Wildman–Crippen MR) is 68.1 cm³/mol. The number of carbonyl (C=O) groups is 1. The Morgan fingerprint density at radius 2 is 2.00 bits per heavy atom. The van der Waals surface area contributed by atoms with Crippen LogP contribution in [0.15, 0.2) is 36.1 Å². The summed E-state index contributed by atoms with van der Waals surface area (Å²) in [5.74, 6) is 0.731. The highest BCUT2D eigenvalue weighted by Gasteiger charge is 2.18. The third-order valence-electron chi connectivity index (χ3n) is 3.07. The number of hydrogen-bond donors (Lipinski definition) is 0. The maximum Gasteiger partial charge on any atom is 0.313 e. The van der Waals surface area contributed by atoms with E-state index in [1.165, 1.54) is 0 Å². The summed E-state index contributed by atoms with van der Waals surface area (Å²) in [6.45, 7) is 1.94. The minimum atomic E-state index is -0.0909. The van der Waals surface area contributed by atoms with Crippen LogP contribution in [0.5, 0.6) is 0 Å². The van der Waals surface area contributed by atoms with Crippen LogP contribution in [0, 0.1) is 5.92 Å². The molecule has 1 aliphatic heterocycles. The van der Waals surface area contributed by atoms with Gasteiger partial charge in [-0.25, -0.2) is 0 Å². The van der Waals surface area contributed by atoms with Gasteiger partial charge in [0, 0.05) is 6.42 Å². The molecule has 2 heteroatoms. The average molecular weight is 230 g/mol. The number of ether oxygens (including phenoxy) is 1. The lowest BCUT2D eigenvalue weighted by Gasteiger charge is -2.17. The molecule has 0 bridgehead atoms. The molecule has 0 aliphatic carbocycles. The van der Waals surface area contributed by atoms with Gasteiger partial charge in [0.25, 0.3) is 0 Å². The van der Waals surface area contributed by atoms with E-state index < -0.39 is 0 Å². The summed E-state index contributed by atoms with van der Waals surface area (Å²) in [6, 6.07) is 9.99. The summed E-state index contributed by atoms with van der Waals surface area (Å²) in [5, 5.41) is 0. The Balaban J connectivity index is 2.13. The largest absolute Gasteiger partial charge is 0.431 e. The van der Waals surface area contributed by atoms with Crippen LogP contribution in [0.4, 0.5) is 0 Å². The van der Waals surface area contributed by atoms with Crippen LogP contribution in [0.25, 0.3) is 6.08 Å². The minimum absolute atomic E-state index is 0.0227. The van der Waals surface area contributed by atoms with Crippen LogP contribution < -0.4 is 0 Å². The molecule has 1 heterocycles. The topological polar surface area (TPSA) is 26.3 Å². The Kier molecular flexibility index (Phi) is 3.97. The summed E-state index contributed by atoms with van der Waals surface area (Å²) in [7, 11) is 0. The van der Waals surface area contributed by atoms with Gasteiger partial charge in [0.15, 0.2) is 0 Å². The first-order valence-electron chi connectivity index (χ1n) is 6.23. The third-order valence-corrected chi connectivity index (χ3v) is 3.07. The molecule has 2 rings (SSSR count). The van der Waals surface area contributed by atoms with Gasteiger partial charge in [-0.3, -0.25) is 4.79 Å². The smallest absolute Gasteiger partial charge is 0.313 e. The van der Waals surface area contributed by atoms with Gasteiger partial charge in [0.05, 0.1) is 5.92 Å². The zero-order valence-corrected chi connectivity index (χ0v) is 10.2. The number of cyclic esters (lactones) is 1. The molecular formula is C15H18O2. The molecule has 90 valence electrons. The number of hydrogen-bond acceptors (Lipinski definition) is 2.